The van der Waals surface area contributed by atoms with Crippen LogP contribution in [-0.4, -0.2) is 151 Å². The Morgan fingerprint density at radius 1 is 0.451 bits per heavy atom. The van der Waals surface area contributed by atoms with Crippen LogP contribution in [0.25, 0.3) is 0 Å². The van der Waals surface area contributed by atoms with Crippen LogP contribution >= 0.6 is 0 Å². The summed E-state index contributed by atoms with van der Waals surface area (Å²) in [5.41, 5.74) is 7.29. The molecular formula is C36H58N2O13. The molecule has 15 nitrogen and oxygen atoms in total. The van der Waals surface area contributed by atoms with E-state index >= 15 is 0 Å². The number of hydrogen-bond donors (Lipinski definition) is 2. The van der Waals surface area contributed by atoms with E-state index < -0.39 is 6.09 Å². The predicted molar refractivity (Wildman–Crippen MR) is 189 cm³/mol. The van der Waals surface area contributed by atoms with Crippen molar-refractivity contribution in [3.05, 3.63) is 60.2 Å². The highest BCUT2D eigenvalue weighted by molar-refractivity contribution is 5.67. The molecule has 290 valence electrons. The van der Waals surface area contributed by atoms with Crippen molar-refractivity contribution < 1.29 is 61.6 Å². The third kappa shape index (κ3) is 29.2. The monoisotopic (exact) mass is 726 g/mol. The van der Waals surface area contributed by atoms with E-state index in [-0.39, 0.29) is 6.61 Å². The smallest absolute Gasteiger partial charge is 0.407 e. The minimum absolute atomic E-state index is 0.236. The van der Waals surface area contributed by atoms with E-state index in [4.69, 9.17) is 62.6 Å². The number of nitrogens with two attached hydrogens (primary N) is 1. The Bertz CT molecular complexity index is 1040. The molecule has 51 heavy (non-hydrogen) atoms. The normalized spacial score (nSPS) is 11.1. The molecule has 0 saturated heterocycles. The summed E-state index contributed by atoms with van der Waals surface area (Å²) in [4.78, 5) is 11.6. The minimum atomic E-state index is -0.471. The van der Waals surface area contributed by atoms with Crippen molar-refractivity contribution >= 4 is 11.8 Å². The largest absolute Gasteiger partial charge is 0.491 e. The van der Waals surface area contributed by atoms with Crippen molar-refractivity contribution in [1.29, 1.82) is 0 Å². The third-order valence-corrected chi connectivity index (χ3v) is 6.45. The fourth-order valence-electron chi connectivity index (χ4n) is 3.86. The second kappa shape index (κ2) is 34.0. The van der Waals surface area contributed by atoms with E-state index in [1.54, 1.807) is 12.1 Å². The predicted octanol–water partition coefficient (Wildman–Crippen LogP) is 2.74. The van der Waals surface area contributed by atoms with Gasteiger partial charge in [-0.25, -0.2) is 4.79 Å². The lowest BCUT2D eigenvalue weighted by Crippen LogP contribution is -2.28. The van der Waals surface area contributed by atoms with Gasteiger partial charge in [-0.05, 0) is 29.8 Å². The first kappa shape index (κ1) is 44.1. The highest BCUT2D eigenvalue weighted by Gasteiger charge is 2.02. The fraction of sp³-hybridized carbons (Fsp3) is 0.639. The molecule has 15 heteroatoms. The zero-order chi connectivity index (χ0) is 36.1. The van der Waals surface area contributed by atoms with Gasteiger partial charge >= 0.3 is 6.09 Å². The second-order valence-corrected chi connectivity index (χ2v) is 10.5. The molecule has 2 aromatic rings. The van der Waals surface area contributed by atoms with E-state index in [2.05, 4.69) is 5.32 Å². The van der Waals surface area contributed by atoms with Crippen molar-refractivity contribution in [2.45, 2.75) is 6.61 Å². The van der Waals surface area contributed by atoms with E-state index in [0.29, 0.717) is 151 Å². The number of hydrogen-bond acceptors (Lipinski definition) is 14. The summed E-state index contributed by atoms with van der Waals surface area (Å²) in [7, 11) is 0. The van der Waals surface area contributed by atoms with Crippen LogP contribution in [0.3, 0.4) is 0 Å². The summed E-state index contributed by atoms with van der Waals surface area (Å²) in [6.45, 7) is 10.6. The number of ether oxygens (including phenoxy) is 12. The van der Waals surface area contributed by atoms with Crippen LogP contribution in [0.5, 0.6) is 5.75 Å². The lowest BCUT2D eigenvalue weighted by molar-refractivity contribution is -0.0266. The zero-order valence-corrected chi connectivity index (χ0v) is 29.8. The first-order valence-corrected chi connectivity index (χ1v) is 17.4. The van der Waals surface area contributed by atoms with Gasteiger partial charge in [0.25, 0.3) is 0 Å². The van der Waals surface area contributed by atoms with Gasteiger partial charge in [0.1, 0.15) is 19.0 Å². The average Bonchev–Trinajstić information content (AvgIpc) is 3.15. The molecule has 1 amide bonds. The lowest BCUT2D eigenvalue weighted by Gasteiger charge is -2.09. The molecule has 0 aromatic heterocycles. The fourth-order valence-corrected chi connectivity index (χ4v) is 3.86. The van der Waals surface area contributed by atoms with Crippen LogP contribution in [0.2, 0.25) is 0 Å². The Morgan fingerprint density at radius 2 is 0.804 bits per heavy atom. The molecule has 0 radical (unpaired) electrons. The second-order valence-electron chi connectivity index (χ2n) is 10.5. The van der Waals surface area contributed by atoms with Crippen LogP contribution in [0.4, 0.5) is 10.5 Å². The van der Waals surface area contributed by atoms with Crippen LogP contribution in [0, 0.1) is 0 Å². The number of anilines is 1. The van der Waals surface area contributed by atoms with Crippen molar-refractivity contribution in [2.75, 3.05) is 151 Å². The molecule has 3 N–H and O–H groups in total. The number of nitrogens with one attached hydrogen (secondary N) is 1. The molecule has 0 spiro atoms. The average molecular weight is 727 g/mol. The first-order chi connectivity index (χ1) is 25.2. The molecule has 0 unspecified atom stereocenters. The van der Waals surface area contributed by atoms with Gasteiger partial charge in [0, 0.05) is 12.2 Å². The van der Waals surface area contributed by atoms with Crippen LogP contribution in [0.15, 0.2) is 54.6 Å². The molecule has 0 bridgehead atoms. The summed E-state index contributed by atoms with van der Waals surface area (Å²) in [5.74, 6) is 0.767. The Morgan fingerprint density at radius 3 is 1.20 bits per heavy atom. The van der Waals surface area contributed by atoms with Gasteiger partial charge in [0.15, 0.2) is 0 Å². The van der Waals surface area contributed by atoms with Gasteiger partial charge in [-0.2, -0.15) is 0 Å². The Balaban J connectivity index is 1.14. The summed E-state index contributed by atoms with van der Waals surface area (Å²) < 4.78 is 65.4. The van der Waals surface area contributed by atoms with Crippen molar-refractivity contribution in [1.82, 2.24) is 5.32 Å². The molecule has 2 aromatic carbocycles. The molecular weight excluding hydrogens is 668 g/mol. The molecule has 0 aliphatic carbocycles. The maximum Gasteiger partial charge on any atom is 0.407 e. The quantitative estimate of drug-likeness (QED) is 0.0778. The number of nitrogen functional groups attached to an aromatic ring is 1. The van der Waals surface area contributed by atoms with E-state index in [1.807, 2.05) is 42.5 Å². The first-order valence-electron chi connectivity index (χ1n) is 17.4. The van der Waals surface area contributed by atoms with Crippen molar-refractivity contribution in [3.63, 3.8) is 0 Å². The van der Waals surface area contributed by atoms with Crippen molar-refractivity contribution in [2.24, 2.45) is 0 Å². The molecule has 0 aliphatic heterocycles. The highest BCUT2D eigenvalue weighted by atomic mass is 16.6. The standard InChI is InChI=1S/C36H58N2O13/c37-34-6-8-35(9-7-34)50-31-30-49-29-28-48-27-26-47-25-24-46-23-22-45-21-20-44-19-18-43-17-16-42-15-14-41-13-12-40-11-10-38-36(39)51-32-33-4-2-1-3-5-33/h1-9H,10-32,37H2,(H,38,39). The van der Waals surface area contributed by atoms with E-state index in [0.717, 1.165) is 11.3 Å². The maximum atomic E-state index is 11.6. The SMILES string of the molecule is Nc1ccc(OCCOCCOCCOCCOCCOCCOCCOCCOCCOCCOCCNC(=O)OCc2ccccc2)cc1. The van der Waals surface area contributed by atoms with Gasteiger partial charge in [-0.3, -0.25) is 0 Å². The van der Waals surface area contributed by atoms with E-state index in [1.165, 1.54) is 0 Å². The minimum Gasteiger partial charge on any atom is -0.491 e. The van der Waals surface area contributed by atoms with E-state index in [9.17, 15) is 4.79 Å². The summed E-state index contributed by atoms with van der Waals surface area (Å²) >= 11 is 0. The van der Waals surface area contributed by atoms with Crippen molar-refractivity contribution in [3.8, 4) is 5.75 Å². The van der Waals surface area contributed by atoms with Gasteiger partial charge in [-0.15, -0.1) is 0 Å². The Hall–Kier alpha value is -3.09. The van der Waals surface area contributed by atoms with Crippen LogP contribution in [-0.2, 0) is 58.7 Å². The number of rotatable bonds is 36. The zero-order valence-electron chi connectivity index (χ0n) is 29.8. The molecule has 0 fully saturated rings. The maximum absolute atomic E-state index is 11.6. The van der Waals surface area contributed by atoms with Gasteiger partial charge in [0.05, 0.1) is 132 Å². The summed E-state index contributed by atoms with van der Waals surface area (Å²) in [6.07, 6.45) is -0.471. The van der Waals surface area contributed by atoms with Gasteiger partial charge in [0.2, 0.25) is 0 Å². The Kier molecular flexibility index (Phi) is 29.4. The summed E-state index contributed by atoms with van der Waals surface area (Å²) in [5, 5.41) is 2.64. The lowest BCUT2D eigenvalue weighted by atomic mass is 10.2. The molecule has 0 saturated carbocycles. The Labute approximate surface area is 302 Å². The van der Waals surface area contributed by atoms with Crippen LogP contribution in [0.1, 0.15) is 5.56 Å². The van der Waals surface area contributed by atoms with Crippen LogP contribution < -0.4 is 15.8 Å². The number of carbonyl (C=O) groups excluding carboxylic acids is 1. The topological polar surface area (TPSA) is 166 Å². The number of amides is 1. The van der Waals surface area contributed by atoms with Gasteiger partial charge in [-0.1, -0.05) is 30.3 Å². The number of alkyl carbamates (subject to hydrolysis) is 1. The molecule has 0 aliphatic rings. The summed E-state index contributed by atoms with van der Waals surface area (Å²) in [6, 6.07) is 16.8. The van der Waals surface area contributed by atoms with Gasteiger partial charge < -0.3 is 67.9 Å². The third-order valence-electron chi connectivity index (χ3n) is 6.45. The molecule has 0 atom stereocenters. The number of benzene rings is 2. The highest BCUT2D eigenvalue weighted by Crippen LogP contribution is 2.12. The number of carbonyl (C=O) groups is 1. The molecule has 2 rings (SSSR count). The molecule has 0 heterocycles.